The topological polar surface area (TPSA) is 18.5 Å². The molecule has 4 aromatic carbocycles. The van der Waals surface area contributed by atoms with Crippen LogP contribution < -0.4 is 25.4 Å². The zero-order valence-electron chi connectivity index (χ0n) is 24.4. The van der Waals surface area contributed by atoms with Gasteiger partial charge in [-0.25, -0.2) is 0 Å². The molecule has 0 bridgehead atoms. The van der Waals surface area contributed by atoms with Gasteiger partial charge in [0.2, 0.25) is 0 Å². The maximum absolute atomic E-state index is 5.34. The van der Waals surface area contributed by atoms with Crippen LogP contribution in [0.5, 0.6) is 11.5 Å². The van der Waals surface area contributed by atoms with Gasteiger partial charge in [0.05, 0.1) is 14.2 Å². The molecule has 0 saturated heterocycles. The predicted octanol–water partition coefficient (Wildman–Crippen LogP) is 6.77. The summed E-state index contributed by atoms with van der Waals surface area (Å²) < 4.78 is 10.7. The normalized spacial score (nSPS) is 9.00. The van der Waals surface area contributed by atoms with Gasteiger partial charge in [-0.2, -0.15) is 0 Å². The van der Waals surface area contributed by atoms with Crippen molar-refractivity contribution in [2.45, 2.75) is 34.6 Å². The van der Waals surface area contributed by atoms with Gasteiger partial charge in [-0.1, -0.05) is 36.4 Å². The van der Waals surface area contributed by atoms with Crippen molar-refractivity contribution in [3.63, 3.8) is 0 Å². The van der Waals surface area contributed by atoms with Gasteiger partial charge in [0.15, 0.2) is 0 Å². The first-order valence-electron chi connectivity index (χ1n) is 11.9. The molecular formula is C31H37Ar6O2P3. The van der Waals surface area contributed by atoms with E-state index in [-0.39, 0.29) is 226 Å². The Kier molecular flexibility index (Phi) is 34.8. The van der Waals surface area contributed by atoms with Crippen molar-refractivity contribution in [2.24, 2.45) is 0 Å². The van der Waals surface area contributed by atoms with Crippen molar-refractivity contribution in [3.8, 4) is 33.8 Å². The molecule has 11 heteroatoms. The van der Waals surface area contributed by atoms with Crippen LogP contribution in [0.15, 0.2) is 60.7 Å². The van der Waals surface area contributed by atoms with Crippen molar-refractivity contribution in [1.29, 1.82) is 0 Å². The molecular weight excluding hydrogens is 737 g/mol. The van der Waals surface area contributed by atoms with Crippen LogP contribution in [0, 0.1) is 261 Å². The van der Waals surface area contributed by atoms with Gasteiger partial charge < -0.3 is 9.47 Å². The standard InChI is InChI=1S/C17H21O2P.C14H16P2.6Ar/c1-10-6-13(18-4)7-11(2)16(10)17-12(3)8-14(19-5)9-15(17)20;1-9-5-3-7-11(15)13(9)14-10(2)6-4-8-12(14)16;;;;;;/h6-9H,20H2,1-5H3;3-8H,15-16H2,1-2H3;;;;;;. The van der Waals surface area contributed by atoms with Crippen molar-refractivity contribution in [3.05, 3.63) is 88.5 Å². The Bertz CT molecular complexity index is 1220. The van der Waals surface area contributed by atoms with E-state index in [1.165, 1.54) is 60.7 Å². The van der Waals surface area contributed by atoms with Crippen LogP contribution in [0.25, 0.3) is 22.3 Å². The van der Waals surface area contributed by atoms with E-state index in [0.717, 1.165) is 16.8 Å². The fraction of sp³-hybridized carbons (Fsp3) is 0.226. The van der Waals surface area contributed by atoms with E-state index >= 15 is 0 Å². The molecule has 3 atom stereocenters. The molecule has 0 fully saturated rings. The second-order valence-electron chi connectivity index (χ2n) is 9.12. The number of hydrogen-bond acceptors (Lipinski definition) is 2. The van der Waals surface area contributed by atoms with Crippen LogP contribution in [-0.4, -0.2) is 14.2 Å². The Hall–Kier alpha value is 5.33. The molecule has 4 aromatic rings. The summed E-state index contributed by atoms with van der Waals surface area (Å²) in [4.78, 5) is 0. The third kappa shape index (κ3) is 14.9. The monoisotopic (exact) mass is 774 g/mol. The van der Waals surface area contributed by atoms with Crippen LogP contribution in [0.4, 0.5) is 0 Å². The third-order valence-corrected chi connectivity index (χ3v) is 7.84. The first kappa shape index (κ1) is 54.1. The minimum atomic E-state index is 0. The summed E-state index contributed by atoms with van der Waals surface area (Å²) in [6.07, 6.45) is 0. The van der Waals surface area contributed by atoms with Gasteiger partial charge in [0, 0.05) is 226 Å². The van der Waals surface area contributed by atoms with Crippen molar-refractivity contribution < 1.29 is 236 Å². The minimum absolute atomic E-state index is 0. The average molecular weight is 774 g/mol. The number of ether oxygens (including phenoxy) is 2. The van der Waals surface area contributed by atoms with Crippen molar-refractivity contribution >= 4 is 43.6 Å². The molecule has 0 saturated carbocycles. The van der Waals surface area contributed by atoms with E-state index in [9.17, 15) is 0 Å². The third-order valence-electron chi connectivity index (χ3n) is 6.43. The Morgan fingerprint density at radius 2 is 0.714 bits per heavy atom. The molecule has 0 aromatic heterocycles. The first-order chi connectivity index (χ1) is 17.1. The Morgan fingerprint density at radius 1 is 0.405 bits per heavy atom. The van der Waals surface area contributed by atoms with E-state index in [1.807, 2.05) is 0 Å². The van der Waals surface area contributed by atoms with Gasteiger partial charge in [-0.05, 0) is 125 Å². The number of methoxy groups -OCH3 is 2. The number of benzene rings is 4. The molecule has 3 unspecified atom stereocenters. The summed E-state index contributed by atoms with van der Waals surface area (Å²) in [5.74, 6) is 1.79. The molecule has 4 rings (SSSR count). The molecule has 0 amide bonds. The molecule has 42 heavy (non-hydrogen) atoms. The van der Waals surface area contributed by atoms with Gasteiger partial charge >= 0.3 is 0 Å². The van der Waals surface area contributed by atoms with Crippen LogP contribution in [0.1, 0.15) is 27.8 Å². The summed E-state index contributed by atoms with van der Waals surface area (Å²) in [6.45, 7) is 10.7. The van der Waals surface area contributed by atoms with Crippen molar-refractivity contribution in [2.75, 3.05) is 14.2 Å². The summed E-state index contributed by atoms with van der Waals surface area (Å²) >= 11 is 0. The van der Waals surface area contributed by atoms with Gasteiger partial charge in [0.1, 0.15) is 11.5 Å². The maximum atomic E-state index is 5.34. The number of aryl methyl sites for hydroxylation is 5. The number of hydrogen-bond donors (Lipinski definition) is 0. The zero-order chi connectivity index (χ0) is 26.6. The van der Waals surface area contributed by atoms with Gasteiger partial charge in [-0.15, -0.1) is 27.7 Å². The molecule has 0 radical (unpaired) electrons. The van der Waals surface area contributed by atoms with Crippen LogP contribution >= 0.6 is 27.7 Å². The van der Waals surface area contributed by atoms with Crippen LogP contribution in [0.2, 0.25) is 0 Å². The van der Waals surface area contributed by atoms with Gasteiger partial charge in [-0.3, -0.25) is 0 Å². The minimum Gasteiger partial charge on any atom is -0.497 e. The molecule has 0 aliphatic rings. The second kappa shape index (κ2) is 27.0. The number of rotatable bonds is 4. The molecule has 0 spiro atoms. The van der Waals surface area contributed by atoms with Gasteiger partial charge in [0.25, 0.3) is 0 Å². The first-order valence-corrected chi connectivity index (χ1v) is 13.6. The van der Waals surface area contributed by atoms with E-state index < -0.39 is 0 Å². The SMILES string of the molecule is COc1cc(C)c(-c2c(C)cc(OC)cc2P)c(C)c1.Cc1cccc(P)c1-c1c(C)cccc1P.[Ar].[Ar].[Ar].[Ar].[Ar].[Ar]. The van der Waals surface area contributed by atoms with Crippen molar-refractivity contribution in [1.82, 2.24) is 0 Å². The molecule has 0 heterocycles. The molecule has 2 nitrogen and oxygen atoms in total. The Morgan fingerprint density at radius 3 is 1.02 bits per heavy atom. The Labute approximate surface area is 440 Å². The molecule has 0 N–H and O–H groups in total. The molecule has 0 aliphatic carbocycles. The fourth-order valence-electron chi connectivity index (χ4n) is 4.74. The van der Waals surface area contributed by atoms with Crippen LogP contribution in [-0.2, 0) is 0 Å². The largest absolute Gasteiger partial charge is 0.497 e. The zero-order valence-corrected chi connectivity index (χ0v) is 32.2. The van der Waals surface area contributed by atoms with E-state index in [0.29, 0.717) is 0 Å². The quantitative estimate of drug-likeness (QED) is 0.214. The summed E-state index contributed by atoms with van der Waals surface area (Å²) in [5.41, 5.74) is 11.5. The van der Waals surface area contributed by atoms with E-state index in [2.05, 4.69) is 123 Å². The van der Waals surface area contributed by atoms with E-state index in [1.54, 1.807) is 14.2 Å². The smallest absolute Gasteiger partial charge is 0.119 e. The Balaban J connectivity index is -0.000000306. The second-order valence-corrected chi connectivity index (χ2v) is 11.0. The molecule has 236 valence electrons. The average Bonchev–Trinajstić information content (AvgIpc) is 2.82. The van der Waals surface area contributed by atoms with Crippen LogP contribution in [0.3, 0.4) is 0 Å². The van der Waals surface area contributed by atoms with E-state index in [4.69, 9.17) is 9.47 Å². The fourth-order valence-corrected chi connectivity index (χ4v) is 6.24. The predicted molar refractivity (Wildman–Crippen MR) is 169 cm³/mol. The summed E-state index contributed by atoms with van der Waals surface area (Å²) in [5, 5.41) is 3.68. The summed E-state index contributed by atoms with van der Waals surface area (Å²) in [6, 6.07) is 21.1. The molecule has 0 aliphatic heterocycles. The summed E-state index contributed by atoms with van der Waals surface area (Å²) in [7, 11) is 11.9. The maximum Gasteiger partial charge on any atom is 0.119 e.